The van der Waals surface area contributed by atoms with Crippen molar-refractivity contribution in [3.05, 3.63) is 60.2 Å². The largest absolute Gasteiger partial charge is 0.495 e. The van der Waals surface area contributed by atoms with Gasteiger partial charge in [-0.1, -0.05) is 63.2 Å². The zero-order valence-electron chi connectivity index (χ0n) is 22.0. The lowest BCUT2D eigenvalue weighted by atomic mass is 10.00. The van der Waals surface area contributed by atoms with E-state index in [2.05, 4.69) is 51.3 Å². The smallest absolute Gasteiger partial charge is 0.191 e. The van der Waals surface area contributed by atoms with Gasteiger partial charge in [0.2, 0.25) is 0 Å². The van der Waals surface area contributed by atoms with Crippen LogP contribution >= 0.6 is 0 Å². The van der Waals surface area contributed by atoms with Crippen LogP contribution in [-0.4, -0.2) is 40.0 Å². The van der Waals surface area contributed by atoms with Gasteiger partial charge < -0.3 is 19.2 Å². The molecule has 0 radical (unpaired) electrons. The number of nitrogens with one attached hydrogen (secondary N) is 1. The number of anilines is 1. The van der Waals surface area contributed by atoms with Crippen molar-refractivity contribution in [3.63, 3.8) is 0 Å². The van der Waals surface area contributed by atoms with E-state index in [4.69, 9.17) is 13.9 Å². The van der Waals surface area contributed by atoms with Crippen LogP contribution in [0.15, 0.2) is 54.6 Å². The monoisotopic (exact) mass is 485 g/mol. The van der Waals surface area contributed by atoms with Crippen molar-refractivity contribution in [2.24, 2.45) is 0 Å². The van der Waals surface area contributed by atoms with E-state index >= 15 is 0 Å². The van der Waals surface area contributed by atoms with Gasteiger partial charge in [-0.2, -0.15) is 0 Å². The Morgan fingerprint density at radius 1 is 1.03 bits per heavy atom. The quantitative estimate of drug-likeness (QED) is 0.234. The molecule has 2 atom stereocenters. The summed E-state index contributed by atoms with van der Waals surface area (Å²) < 4.78 is 18.4. The van der Waals surface area contributed by atoms with E-state index in [9.17, 15) is 4.79 Å². The second kappa shape index (κ2) is 13.1. The normalized spacial score (nSPS) is 13.9. The second-order valence-corrected chi connectivity index (χ2v) is 15.3. The van der Waals surface area contributed by atoms with Crippen LogP contribution in [0.2, 0.25) is 18.1 Å². The third-order valence-corrected chi connectivity index (χ3v) is 11.2. The van der Waals surface area contributed by atoms with Gasteiger partial charge in [0.15, 0.2) is 8.32 Å². The maximum absolute atomic E-state index is 12.2. The minimum absolute atomic E-state index is 0.123. The molecule has 0 aliphatic heterocycles. The molecule has 34 heavy (non-hydrogen) atoms. The van der Waals surface area contributed by atoms with Gasteiger partial charge in [0, 0.05) is 13.0 Å². The number of benzene rings is 2. The zero-order chi connectivity index (χ0) is 25.2. The van der Waals surface area contributed by atoms with Gasteiger partial charge in [-0.05, 0) is 55.6 Å². The molecule has 2 aromatic carbocycles. The predicted octanol–water partition coefficient (Wildman–Crippen LogP) is 6.84. The molecule has 2 aromatic rings. The molecule has 0 aliphatic rings. The fraction of sp³-hybridized carbons (Fsp3) is 0.536. The molecule has 5 nitrogen and oxygen atoms in total. The molecule has 0 amide bonds. The lowest BCUT2D eigenvalue weighted by Crippen LogP contribution is -2.41. The molecule has 0 saturated carbocycles. The van der Waals surface area contributed by atoms with Gasteiger partial charge in [0.05, 0.1) is 31.5 Å². The average Bonchev–Trinajstić information content (AvgIpc) is 2.78. The number of hydrogen-bond acceptors (Lipinski definition) is 5. The summed E-state index contributed by atoms with van der Waals surface area (Å²) in [6, 6.07) is 17.8. The van der Waals surface area contributed by atoms with Gasteiger partial charge in [0.1, 0.15) is 11.5 Å². The van der Waals surface area contributed by atoms with E-state index in [1.165, 1.54) is 0 Å². The molecule has 1 N–H and O–H groups in total. The Morgan fingerprint density at radius 2 is 1.68 bits per heavy atom. The molecule has 6 heteroatoms. The van der Waals surface area contributed by atoms with Crippen LogP contribution in [0.5, 0.6) is 5.75 Å². The summed E-state index contributed by atoms with van der Waals surface area (Å²) in [6.07, 6.45) is 1.88. The number of ketones is 1. The minimum Gasteiger partial charge on any atom is -0.495 e. The minimum atomic E-state index is -1.80. The number of rotatable bonds is 14. The Labute approximate surface area is 207 Å². The first-order valence-corrected chi connectivity index (χ1v) is 15.1. The number of ether oxygens (including phenoxy) is 2. The average molecular weight is 486 g/mol. The first kappa shape index (κ1) is 28.1. The van der Waals surface area contributed by atoms with Gasteiger partial charge in [0.25, 0.3) is 0 Å². The molecular weight excluding hydrogens is 442 g/mol. The summed E-state index contributed by atoms with van der Waals surface area (Å²) in [5.41, 5.74) is 1.98. The SMILES string of the molecule is COc1ccccc1N[C@H](CC(C)=O)[C@H](CCCO[Si](C)(C)C(C)(C)C)OCc1ccccc1. The first-order valence-electron chi connectivity index (χ1n) is 12.2. The van der Waals surface area contributed by atoms with Crippen LogP contribution in [0.25, 0.3) is 0 Å². The van der Waals surface area contributed by atoms with Crippen LogP contribution in [0.3, 0.4) is 0 Å². The van der Waals surface area contributed by atoms with E-state index in [0.717, 1.165) is 29.8 Å². The maximum atomic E-state index is 12.2. The number of methoxy groups -OCH3 is 1. The zero-order valence-corrected chi connectivity index (χ0v) is 23.0. The van der Waals surface area contributed by atoms with Crippen molar-refractivity contribution in [2.75, 3.05) is 19.0 Å². The van der Waals surface area contributed by atoms with E-state index in [1.807, 2.05) is 42.5 Å². The predicted molar refractivity (Wildman–Crippen MR) is 143 cm³/mol. The Bertz CT molecular complexity index is 879. The fourth-order valence-corrected chi connectivity index (χ4v) is 4.64. The van der Waals surface area contributed by atoms with E-state index in [-0.39, 0.29) is 23.0 Å². The van der Waals surface area contributed by atoms with Gasteiger partial charge in [-0.15, -0.1) is 0 Å². The molecule has 0 aromatic heterocycles. The molecule has 2 rings (SSSR count). The van der Waals surface area contributed by atoms with Crippen LogP contribution in [0, 0.1) is 0 Å². The first-order chi connectivity index (χ1) is 16.0. The summed E-state index contributed by atoms with van der Waals surface area (Å²) in [6.45, 7) is 14.1. The Hall–Kier alpha value is -2.15. The number of carbonyl (C=O) groups excluding carboxylic acids is 1. The summed E-state index contributed by atoms with van der Waals surface area (Å²) in [5, 5.41) is 3.72. The molecule has 188 valence electrons. The van der Waals surface area contributed by atoms with Crippen molar-refractivity contribution in [3.8, 4) is 5.75 Å². The highest BCUT2D eigenvalue weighted by molar-refractivity contribution is 6.74. The standard InChI is InChI=1S/C28H43NO4Si/c1-22(30)20-25(29-24-16-11-12-17-26(24)31-5)27(32-21-23-14-9-8-10-15-23)18-13-19-33-34(6,7)28(2,3)4/h8-12,14-17,25,27,29H,13,18-21H2,1-7H3/t25-,27+/m1/s1. The molecule has 0 fully saturated rings. The summed E-state index contributed by atoms with van der Waals surface area (Å²) in [4.78, 5) is 12.2. The van der Waals surface area contributed by atoms with E-state index in [1.54, 1.807) is 14.0 Å². The third-order valence-electron chi connectivity index (χ3n) is 6.61. The van der Waals surface area contributed by atoms with Crippen molar-refractivity contribution < 1.29 is 18.7 Å². The van der Waals surface area contributed by atoms with Crippen LogP contribution in [-0.2, 0) is 20.6 Å². The lowest BCUT2D eigenvalue weighted by molar-refractivity contribution is -0.118. The molecule has 0 heterocycles. The summed E-state index contributed by atoms with van der Waals surface area (Å²) >= 11 is 0. The van der Waals surface area contributed by atoms with Crippen molar-refractivity contribution in [1.82, 2.24) is 0 Å². The Kier molecular flexibility index (Phi) is 10.8. The third kappa shape index (κ3) is 8.89. The Morgan fingerprint density at radius 3 is 2.29 bits per heavy atom. The molecule has 0 saturated heterocycles. The molecule has 0 unspecified atom stereocenters. The van der Waals surface area contributed by atoms with Crippen LogP contribution < -0.4 is 10.1 Å². The highest BCUT2D eigenvalue weighted by Gasteiger charge is 2.37. The van der Waals surface area contributed by atoms with Crippen molar-refractivity contribution >= 4 is 19.8 Å². The van der Waals surface area contributed by atoms with Crippen molar-refractivity contribution in [2.45, 2.75) is 83.8 Å². The Balaban J connectivity index is 2.16. The van der Waals surface area contributed by atoms with Gasteiger partial charge in [-0.25, -0.2) is 0 Å². The molecule has 0 bridgehead atoms. The van der Waals surface area contributed by atoms with E-state index in [0.29, 0.717) is 19.6 Å². The topological polar surface area (TPSA) is 56.8 Å². The fourth-order valence-electron chi connectivity index (χ4n) is 3.56. The number of para-hydroxylation sites is 2. The number of Topliss-reactive ketones (excluding diaryl/α,β-unsaturated/α-hetero) is 1. The second-order valence-electron chi connectivity index (χ2n) is 10.4. The summed E-state index contributed by atoms with van der Waals surface area (Å²) in [5.74, 6) is 0.873. The lowest BCUT2D eigenvalue weighted by Gasteiger charge is -2.36. The molecule has 0 spiro atoms. The highest BCUT2D eigenvalue weighted by atomic mass is 28.4. The maximum Gasteiger partial charge on any atom is 0.191 e. The molecule has 0 aliphatic carbocycles. The number of carbonyl (C=O) groups is 1. The van der Waals surface area contributed by atoms with Gasteiger partial charge >= 0.3 is 0 Å². The highest BCUT2D eigenvalue weighted by Crippen LogP contribution is 2.36. The molecular formula is C28H43NO4Si. The van der Waals surface area contributed by atoms with Crippen LogP contribution in [0.4, 0.5) is 5.69 Å². The van der Waals surface area contributed by atoms with Crippen molar-refractivity contribution in [1.29, 1.82) is 0 Å². The van der Waals surface area contributed by atoms with E-state index < -0.39 is 8.32 Å². The van der Waals surface area contributed by atoms with Crippen LogP contribution in [0.1, 0.15) is 52.5 Å². The van der Waals surface area contributed by atoms with Gasteiger partial charge in [-0.3, -0.25) is 4.79 Å². The summed E-state index contributed by atoms with van der Waals surface area (Å²) in [7, 11) is -0.147. The number of hydrogen-bond donors (Lipinski definition) is 1.